The second kappa shape index (κ2) is 8.42. The summed E-state index contributed by atoms with van der Waals surface area (Å²) in [5.41, 5.74) is 2.85. The molecule has 0 spiro atoms. The lowest BCUT2D eigenvalue weighted by atomic mass is 9.78. The van der Waals surface area contributed by atoms with Gasteiger partial charge in [0.2, 0.25) is 0 Å². The van der Waals surface area contributed by atoms with Crippen LogP contribution in [0.2, 0.25) is 0 Å². The molecule has 1 aliphatic carbocycles. The number of carbonyl (C=O) groups excluding carboxylic acids is 1. The minimum atomic E-state index is -0.0218. The number of benzene rings is 1. The fourth-order valence-corrected chi connectivity index (χ4v) is 4.83. The van der Waals surface area contributed by atoms with Crippen LogP contribution in [0.4, 0.5) is 4.79 Å². The molecule has 5 nitrogen and oxygen atoms in total. The Bertz CT molecular complexity index is 663. The van der Waals surface area contributed by atoms with Crippen molar-refractivity contribution in [1.29, 1.82) is 0 Å². The molecule has 3 fully saturated rings. The molecule has 2 saturated heterocycles. The molecule has 0 aromatic heterocycles. The molecule has 2 amide bonds. The van der Waals surface area contributed by atoms with Crippen molar-refractivity contribution < 1.29 is 9.53 Å². The molecule has 154 valence electrons. The Morgan fingerprint density at radius 2 is 1.89 bits per heavy atom. The minimum absolute atomic E-state index is 0.0218. The lowest BCUT2D eigenvalue weighted by Gasteiger charge is -2.50. The smallest absolute Gasteiger partial charge is 0.317 e. The second-order valence-corrected chi connectivity index (χ2v) is 8.96. The number of carbonyl (C=O) groups is 1. The minimum Gasteiger partial charge on any atom is -0.370 e. The first kappa shape index (κ1) is 19.7. The van der Waals surface area contributed by atoms with Gasteiger partial charge in [-0.3, -0.25) is 4.90 Å². The maximum Gasteiger partial charge on any atom is 0.317 e. The van der Waals surface area contributed by atoms with E-state index in [1.807, 2.05) is 4.90 Å². The SMILES string of the molecule is CCc1ccc(C2CN(C(=O)NC3CCC(C)(N4CCC4)CC3)CCO2)cc1. The van der Waals surface area contributed by atoms with Crippen LogP contribution < -0.4 is 5.32 Å². The molecule has 1 aromatic carbocycles. The van der Waals surface area contributed by atoms with Crippen molar-refractivity contribution in [3.63, 3.8) is 0 Å². The Kier molecular flexibility index (Phi) is 5.93. The summed E-state index contributed by atoms with van der Waals surface area (Å²) >= 11 is 0. The van der Waals surface area contributed by atoms with Crippen LogP contribution in [0.1, 0.15) is 63.2 Å². The highest BCUT2D eigenvalue weighted by Crippen LogP contribution is 2.36. The third-order valence-electron chi connectivity index (χ3n) is 7.12. The molecule has 2 heterocycles. The molecular weight excluding hydrogens is 350 g/mol. The molecule has 4 rings (SSSR count). The summed E-state index contributed by atoms with van der Waals surface area (Å²) in [5, 5.41) is 3.30. The summed E-state index contributed by atoms with van der Waals surface area (Å²) in [6, 6.07) is 9.00. The van der Waals surface area contributed by atoms with Gasteiger partial charge in [0, 0.05) is 18.1 Å². The van der Waals surface area contributed by atoms with E-state index in [-0.39, 0.29) is 12.1 Å². The Balaban J connectivity index is 1.28. The van der Waals surface area contributed by atoms with Crippen LogP contribution in [-0.2, 0) is 11.2 Å². The molecule has 0 bridgehead atoms. The summed E-state index contributed by atoms with van der Waals surface area (Å²) in [5.74, 6) is 0. The van der Waals surface area contributed by atoms with Gasteiger partial charge < -0.3 is 15.0 Å². The fraction of sp³-hybridized carbons (Fsp3) is 0.696. The van der Waals surface area contributed by atoms with Gasteiger partial charge in [0.25, 0.3) is 0 Å². The predicted molar refractivity (Wildman–Crippen MR) is 111 cm³/mol. The highest BCUT2D eigenvalue weighted by atomic mass is 16.5. The number of aryl methyl sites for hydroxylation is 1. The molecule has 5 heteroatoms. The van der Waals surface area contributed by atoms with Crippen LogP contribution in [0.3, 0.4) is 0 Å². The number of urea groups is 1. The first-order valence-corrected chi connectivity index (χ1v) is 11.1. The van der Waals surface area contributed by atoms with Gasteiger partial charge in [-0.25, -0.2) is 4.79 Å². The quantitative estimate of drug-likeness (QED) is 0.859. The maximum absolute atomic E-state index is 12.9. The van der Waals surface area contributed by atoms with Gasteiger partial charge >= 0.3 is 6.03 Å². The molecular formula is C23H35N3O2. The van der Waals surface area contributed by atoms with Crippen LogP contribution in [0.5, 0.6) is 0 Å². The van der Waals surface area contributed by atoms with Gasteiger partial charge in [-0.1, -0.05) is 31.2 Å². The van der Waals surface area contributed by atoms with Crippen LogP contribution in [0.25, 0.3) is 0 Å². The van der Waals surface area contributed by atoms with Crippen molar-refractivity contribution in [3.8, 4) is 0 Å². The number of hydrogen-bond donors (Lipinski definition) is 1. The first-order valence-electron chi connectivity index (χ1n) is 11.1. The largest absolute Gasteiger partial charge is 0.370 e. The standard InChI is InChI=1S/C23H35N3O2/c1-3-18-5-7-19(8-6-18)21-17-25(15-16-28-21)22(27)24-20-9-11-23(2,12-10-20)26-13-4-14-26/h5-8,20-21H,3-4,9-17H2,1-2H3,(H,24,27). The summed E-state index contributed by atoms with van der Waals surface area (Å²) in [6.45, 7) is 8.98. The summed E-state index contributed by atoms with van der Waals surface area (Å²) in [6.07, 6.45) is 6.91. The summed E-state index contributed by atoms with van der Waals surface area (Å²) < 4.78 is 5.95. The van der Waals surface area contributed by atoms with Crippen LogP contribution in [0, 0.1) is 0 Å². The molecule has 1 atom stereocenters. The third-order valence-corrected chi connectivity index (χ3v) is 7.12. The van der Waals surface area contributed by atoms with Crippen molar-refractivity contribution in [2.45, 2.75) is 70.1 Å². The molecule has 3 aliphatic rings. The summed E-state index contributed by atoms with van der Waals surface area (Å²) in [4.78, 5) is 17.4. The van der Waals surface area contributed by atoms with Gasteiger partial charge in [0.1, 0.15) is 6.10 Å². The van der Waals surface area contributed by atoms with Gasteiger partial charge in [0.05, 0.1) is 13.2 Å². The van der Waals surface area contributed by atoms with Crippen molar-refractivity contribution in [3.05, 3.63) is 35.4 Å². The maximum atomic E-state index is 12.9. The van der Waals surface area contributed by atoms with E-state index in [1.165, 1.54) is 37.9 Å². The van der Waals surface area contributed by atoms with E-state index in [2.05, 4.69) is 48.3 Å². The van der Waals surface area contributed by atoms with E-state index in [0.29, 0.717) is 31.3 Å². The van der Waals surface area contributed by atoms with Crippen LogP contribution in [-0.4, -0.2) is 60.2 Å². The topological polar surface area (TPSA) is 44.8 Å². The average molecular weight is 386 g/mol. The Hall–Kier alpha value is -1.59. The number of nitrogens with zero attached hydrogens (tertiary/aromatic N) is 2. The van der Waals surface area contributed by atoms with E-state index in [9.17, 15) is 4.79 Å². The van der Waals surface area contributed by atoms with Gasteiger partial charge in [0.15, 0.2) is 0 Å². The normalized spacial score (nSPS) is 31.3. The van der Waals surface area contributed by atoms with Crippen molar-refractivity contribution in [2.24, 2.45) is 0 Å². The Morgan fingerprint density at radius 3 is 2.50 bits per heavy atom. The number of hydrogen-bond acceptors (Lipinski definition) is 3. The van der Waals surface area contributed by atoms with Gasteiger partial charge in [-0.15, -0.1) is 0 Å². The third kappa shape index (κ3) is 4.20. The molecule has 1 saturated carbocycles. The van der Waals surface area contributed by atoms with Crippen LogP contribution in [0.15, 0.2) is 24.3 Å². The monoisotopic (exact) mass is 385 g/mol. The van der Waals surface area contributed by atoms with Gasteiger partial charge in [-0.05, 0) is 69.7 Å². The predicted octanol–water partition coefficient (Wildman–Crippen LogP) is 3.74. The number of ether oxygens (including phenoxy) is 1. The second-order valence-electron chi connectivity index (χ2n) is 8.96. The van der Waals surface area contributed by atoms with E-state index >= 15 is 0 Å². The number of amides is 2. The molecule has 2 aliphatic heterocycles. The lowest BCUT2D eigenvalue weighted by Crippen LogP contribution is -2.57. The van der Waals surface area contributed by atoms with Gasteiger partial charge in [-0.2, -0.15) is 0 Å². The number of morpholine rings is 1. The molecule has 1 N–H and O–H groups in total. The van der Waals surface area contributed by atoms with Crippen LogP contribution >= 0.6 is 0 Å². The summed E-state index contributed by atoms with van der Waals surface area (Å²) in [7, 11) is 0. The van der Waals surface area contributed by atoms with Crippen molar-refractivity contribution >= 4 is 6.03 Å². The van der Waals surface area contributed by atoms with E-state index < -0.39 is 0 Å². The molecule has 28 heavy (non-hydrogen) atoms. The zero-order chi connectivity index (χ0) is 19.6. The molecule has 1 aromatic rings. The first-order chi connectivity index (χ1) is 13.6. The Morgan fingerprint density at radius 1 is 1.18 bits per heavy atom. The zero-order valence-corrected chi connectivity index (χ0v) is 17.5. The molecule has 1 unspecified atom stereocenters. The van der Waals surface area contributed by atoms with Crippen molar-refractivity contribution in [1.82, 2.24) is 15.1 Å². The fourth-order valence-electron chi connectivity index (χ4n) is 4.83. The van der Waals surface area contributed by atoms with E-state index in [0.717, 1.165) is 24.8 Å². The number of likely N-dealkylation sites (tertiary alicyclic amines) is 1. The zero-order valence-electron chi connectivity index (χ0n) is 17.5. The highest BCUT2D eigenvalue weighted by Gasteiger charge is 2.39. The Labute approximate surface area is 169 Å². The number of nitrogens with one attached hydrogen (secondary N) is 1. The number of rotatable bonds is 4. The van der Waals surface area contributed by atoms with Crippen molar-refractivity contribution in [2.75, 3.05) is 32.8 Å². The molecule has 0 radical (unpaired) electrons. The average Bonchev–Trinajstić information content (AvgIpc) is 2.68. The lowest BCUT2D eigenvalue weighted by molar-refractivity contribution is -0.0171. The van der Waals surface area contributed by atoms with E-state index in [4.69, 9.17) is 4.74 Å². The highest BCUT2D eigenvalue weighted by molar-refractivity contribution is 5.74. The van der Waals surface area contributed by atoms with E-state index in [1.54, 1.807) is 0 Å².